The molecule has 0 atom stereocenters. The number of benzene rings is 1. The number of fused-ring (bicyclic) bond motifs is 1. The largest absolute Gasteiger partial charge is 0.544 e. The first-order valence-corrected chi connectivity index (χ1v) is 6.24. The van der Waals surface area contributed by atoms with E-state index in [-0.39, 0.29) is 4.88 Å². The van der Waals surface area contributed by atoms with Gasteiger partial charge in [0.1, 0.15) is 4.83 Å². The van der Waals surface area contributed by atoms with Crippen molar-refractivity contribution >= 4 is 27.5 Å². The van der Waals surface area contributed by atoms with Crippen LogP contribution in [0, 0.1) is 6.92 Å². The molecule has 0 saturated heterocycles. The zero-order chi connectivity index (χ0) is 12.7. The summed E-state index contributed by atoms with van der Waals surface area (Å²) in [5.41, 5.74) is 1.74. The minimum Gasteiger partial charge on any atom is -0.544 e. The van der Waals surface area contributed by atoms with E-state index in [9.17, 15) is 9.90 Å². The van der Waals surface area contributed by atoms with Crippen LogP contribution in [-0.4, -0.2) is 15.7 Å². The fourth-order valence-electron chi connectivity index (χ4n) is 1.89. The lowest BCUT2D eigenvalue weighted by molar-refractivity contribution is -0.254. The second-order valence-corrected chi connectivity index (χ2v) is 4.98. The number of carbonyl (C=O) groups excluding carboxylic acids is 1. The molecule has 0 saturated carbocycles. The van der Waals surface area contributed by atoms with E-state index in [0.29, 0.717) is 0 Å². The highest BCUT2D eigenvalue weighted by atomic mass is 32.1. The number of aromatic carboxylic acids is 1. The Bertz CT molecular complexity index is 728. The lowest BCUT2D eigenvalue weighted by Crippen LogP contribution is -2.20. The first-order chi connectivity index (χ1) is 8.66. The number of aromatic nitrogens is 2. The zero-order valence-electron chi connectivity index (χ0n) is 9.58. The molecular weight excluding hydrogens is 248 g/mol. The van der Waals surface area contributed by atoms with Gasteiger partial charge in [-0.1, -0.05) is 18.2 Å². The summed E-state index contributed by atoms with van der Waals surface area (Å²) in [5, 5.41) is 16.2. The van der Waals surface area contributed by atoms with Crippen LogP contribution in [0.4, 0.5) is 0 Å². The minimum absolute atomic E-state index is 0.232. The van der Waals surface area contributed by atoms with Gasteiger partial charge in [-0.3, -0.25) is 0 Å². The molecule has 18 heavy (non-hydrogen) atoms. The molecule has 90 valence electrons. The highest BCUT2D eigenvalue weighted by Crippen LogP contribution is 2.29. The van der Waals surface area contributed by atoms with Crippen molar-refractivity contribution in [2.75, 3.05) is 0 Å². The Balaban J connectivity index is 2.27. The summed E-state index contributed by atoms with van der Waals surface area (Å²) in [6.07, 6.45) is 0. The van der Waals surface area contributed by atoms with Gasteiger partial charge in [-0.25, -0.2) is 4.68 Å². The van der Waals surface area contributed by atoms with Gasteiger partial charge in [0.15, 0.2) is 0 Å². The number of thiophene rings is 1. The Morgan fingerprint density at radius 2 is 2.06 bits per heavy atom. The molecule has 3 rings (SSSR count). The van der Waals surface area contributed by atoms with Crippen LogP contribution in [0.3, 0.4) is 0 Å². The number of hydrogen-bond acceptors (Lipinski definition) is 4. The van der Waals surface area contributed by atoms with Crippen LogP contribution in [-0.2, 0) is 0 Å². The first-order valence-electron chi connectivity index (χ1n) is 5.43. The number of hydrogen-bond donors (Lipinski definition) is 0. The van der Waals surface area contributed by atoms with Crippen molar-refractivity contribution in [2.24, 2.45) is 0 Å². The maximum Gasteiger partial charge on any atom is 0.128 e. The summed E-state index contributed by atoms with van der Waals surface area (Å²) >= 11 is 1.19. The lowest BCUT2D eigenvalue weighted by Gasteiger charge is -2.01. The molecule has 0 aliphatic carbocycles. The van der Waals surface area contributed by atoms with Gasteiger partial charge in [0.25, 0.3) is 0 Å². The predicted molar refractivity (Wildman–Crippen MR) is 68.0 cm³/mol. The molecule has 2 aromatic heterocycles. The zero-order valence-corrected chi connectivity index (χ0v) is 10.4. The van der Waals surface area contributed by atoms with Crippen LogP contribution in [0.5, 0.6) is 0 Å². The number of carbonyl (C=O) groups is 1. The van der Waals surface area contributed by atoms with Crippen LogP contribution in [0.15, 0.2) is 36.4 Å². The van der Waals surface area contributed by atoms with Gasteiger partial charge in [0.2, 0.25) is 0 Å². The number of rotatable bonds is 2. The second kappa shape index (κ2) is 3.96. The molecule has 0 spiro atoms. The van der Waals surface area contributed by atoms with E-state index in [0.717, 1.165) is 21.6 Å². The Kier molecular flexibility index (Phi) is 2.41. The SMILES string of the molecule is Cc1nn(-c2ccccc2)c2sc(C(=O)[O-])cc12. The van der Waals surface area contributed by atoms with E-state index in [1.54, 1.807) is 10.7 Å². The van der Waals surface area contributed by atoms with Gasteiger partial charge in [-0.2, -0.15) is 5.10 Å². The standard InChI is InChI=1S/C13H10N2O2S/c1-8-10-7-11(13(16)17)18-12(10)15(14-8)9-5-3-2-4-6-9/h2-7H,1H3,(H,16,17)/p-1. The minimum atomic E-state index is -1.14. The smallest absolute Gasteiger partial charge is 0.128 e. The molecule has 0 bridgehead atoms. The van der Waals surface area contributed by atoms with Crippen molar-refractivity contribution < 1.29 is 9.90 Å². The molecule has 0 aliphatic rings. The molecule has 5 heteroatoms. The number of aryl methyl sites for hydroxylation is 1. The van der Waals surface area contributed by atoms with E-state index in [2.05, 4.69) is 5.10 Å². The molecule has 0 fully saturated rings. The highest BCUT2D eigenvalue weighted by Gasteiger charge is 2.13. The van der Waals surface area contributed by atoms with Crippen molar-refractivity contribution in [3.63, 3.8) is 0 Å². The van der Waals surface area contributed by atoms with Crippen LogP contribution in [0.25, 0.3) is 15.9 Å². The molecular formula is C13H9N2O2S-. The predicted octanol–water partition coefficient (Wildman–Crippen LogP) is 1.76. The van der Waals surface area contributed by atoms with Crippen molar-refractivity contribution in [3.8, 4) is 5.69 Å². The average Bonchev–Trinajstić information content (AvgIpc) is 2.92. The summed E-state index contributed by atoms with van der Waals surface area (Å²) < 4.78 is 1.77. The highest BCUT2D eigenvalue weighted by molar-refractivity contribution is 7.20. The van der Waals surface area contributed by atoms with E-state index in [4.69, 9.17) is 0 Å². The van der Waals surface area contributed by atoms with E-state index in [1.807, 2.05) is 37.3 Å². The Morgan fingerprint density at radius 3 is 2.72 bits per heavy atom. The topological polar surface area (TPSA) is 58.0 Å². The second-order valence-electron chi connectivity index (χ2n) is 3.95. The summed E-state index contributed by atoms with van der Waals surface area (Å²) in [4.78, 5) is 12.0. The van der Waals surface area contributed by atoms with Crippen molar-refractivity contribution in [1.82, 2.24) is 9.78 Å². The van der Waals surface area contributed by atoms with E-state index in [1.165, 1.54) is 11.3 Å². The van der Waals surface area contributed by atoms with Gasteiger partial charge in [-0.05, 0) is 25.1 Å². The number of carboxylic acid groups (broad SMARTS) is 1. The van der Waals surface area contributed by atoms with Gasteiger partial charge in [0.05, 0.1) is 22.2 Å². The summed E-state index contributed by atoms with van der Waals surface area (Å²) in [7, 11) is 0. The third-order valence-electron chi connectivity index (χ3n) is 2.75. The molecule has 0 aliphatic heterocycles. The van der Waals surface area contributed by atoms with Crippen LogP contribution < -0.4 is 5.11 Å². The maximum absolute atomic E-state index is 10.9. The molecule has 0 unspecified atom stereocenters. The number of para-hydroxylation sites is 1. The lowest BCUT2D eigenvalue weighted by atomic mass is 10.3. The number of nitrogens with zero attached hydrogens (tertiary/aromatic N) is 2. The summed E-state index contributed by atoms with van der Waals surface area (Å²) in [5.74, 6) is -1.14. The third-order valence-corrected chi connectivity index (χ3v) is 3.84. The Morgan fingerprint density at radius 1 is 1.33 bits per heavy atom. The van der Waals surface area contributed by atoms with Gasteiger partial charge >= 0.3 is 0 Å². The first kappa shape index (κ1) is 11.0. The summed E-state index contributed by atoms with van der Waals surface area (Å²) in [6.45, 7) is 1.87. The molecule has 0 amide bonds. The molecule has 0 radical (unpaired) electrons. The quantitative estimate of drug-likeness (QED) is 0.703. The summed E-state index contributed by atoms with van der Waals surface area (Å²) in [6, 6.07) is 11.3. The van der Waals surface area contributed by atoms with Gasteiger partial charge in [-0.15, -0.1) is 11.3 Å². The molecule has 0 N–H and O–H groups in total. The van der Waals surface area contributed by atoms with Gasteiger partial charge < -0.3 is 9.90 Å². The number of carboxylic acids is 1. The van der Waals surface area contributed by atoms with Crippen LogP contribution >= 0.6 is 11.3 Å². The molecule has 1 aromatic carbocycles. The Labute approximate surface area is 107 Å². The molecule has 3 aromatic rings. The average molecular weight is 257 g/mol. The fraction of sp³-hybridized carbons (Fsp3) is 0.0769. The normalized spacial score (nSPS) is 10.9. The van der Waals surface area contributed by atoms with E-state index >= 15 is 0 Å². The maximum atomic E-state index is 10.9. The third kappa shape index (κ3) is 1.60. The van der Waals surface area contributed by atoms with Crippen molar-refractivity contribution in [3.05, 3.63) is 47.0 Å². The molecule has 4 nitrogen and oxygen atoms in total. The monoisotopic (exact) mass is 257 g/mol. The Hall–Kier alpha value is -2.14. The van der Waals surface area contributed by atoms with Crippen LogP contribution in [0.2, 0.25) is 0 Å². The van der Waals surface area contributed by atoms with Crippen molar-refractivity contribution in [2.45, 2.75) is 6.92 Å². The van der Waals surface area contributed by atoms with Crippen LogP contribution in [0.1, 0.15) is 15.4 Å². The van der Waals surface area contributed by atoms with Gasteiger partial charge in [0, 0.05) is 5.39 Å². The molecule has 2 heterocycles. The van der Waals surface area contributed by atoms with E-state index < -0.39 is 5.97 Å². The fourth-order valence-corrected chi connectivity index (χ4v) is 2.91. The van der Waals surface area contributed by atoms with Crippen molar-refractivity contribution in [1.29, 1.82) is 0 Å².